The molecule has 2 aromatic rings. The van der Waals surface area contributed by atoms with Crippen LogP contribution in [0.4, 0.5) is 0 Å². The van der Waals surface area contributed by atoms with Gasteiger partial charge in [-0.05, 0) is 30.7 Å². The summed E-state index contributed by atoms with van der Waals surface area (Å²) < 4.78 is 0. The summed E-state index contributed by atoms with van der Waals surface area (Å²) in [4.78, 5) is 10.9. The summed E-state index contributed by atoms with van der Waals surface area (Å²) in [5.74, 6) is 0. The van der Waals surface area contributed by atoms with Crippen LogP contribution in [0.15, 0.2) is 48.8 Å². The lowest BCUT2D eigenvalue weighted by atomic mass is 10.2. The van der Waals surface area contributed by atoms with Gasteiger partial charge in [-0.3, -0.25) is 14.9 Å². The quantitative estimate of drug-likeness (QED) is 0.839. The second-order valence-corrected chi connectivity index (χ2v) is 4.87. The standard InChI is InChI=1S/C16H21N3O/c1-2-16(20)13-19(11-14-7-3-5-9-17-14)12-15-8-4-6-10-18-15/h3-10,16,20H,2,11-13H2,1H3. The van der Waals surface area contributed by atoms with Gasteiger partial charge in [-0.2, -0.15) is 0 Å². The predicted octanol–water partition coefficient (Wildman–Crippen LogP) is 2.25. The number of aromatic nitrogens is 2. The van der Waals surface area contributed by atoms with Gasteiger partial charge in [0.1, 0.15) is 0 Å². The van der Waals surface area contributed by atoms with Gasteiger partial charge >= 0.3 is 0 Å². The van der Waals surface area contributed by atoms with E-state index in [1.807, 2.05) is 43.3 Å². The monoisotopic (exact) mass is 271 g/mol. The summed E-state index contributed by atoms with van der Waals surface area (Å²) in [6.07, 6.45) is 4.03. The minimum atomic E-state index is -0.317. The summed E-state index contributed by atoms with van der Waals surface area (Å²) in [6.45, 7) is 4.05. The van der Waals surface area contributed by atoms with Crippen LogP contribution in [0.5, 0.6) is 0 Å². The van der Waals surface area contributed by atoms with E-state index in [0.717, 1.165) is 17.8 Å². The van der Waals surface area contributed by atoms with E-state index >= 15 is 0 Å². The van der Waals surface area contributed by atoms with Crippen molar-refractivity contribution in [2.75, 3.05) is 6.54 Å². The molecule has 1 N–H and O–H groups in total. The third-order valence-corrected chi connectivity index (χ3v) is 3.16. The van der Waals surface area contributed by atoms with Crippen LogP contribution >= 0.6 is 0 Å². The molecule has 1 atom stereocenters. The van der Waals surface area contributed by atoms with Crippen molar-refractivity contribution in [2.24, 2.45) is 0 Å². The first kappa shape index (κ1) is 14.6. The lowest BCUT2D eigenvalue weighted by Gasteiger charge is -2.24. The van der Waals surface area contributed by atoms with Crippen LogP contribution in [-0.2, 0) is 13.1 Å². The first-order valence-electron chi connectivity index (χ1n) is 6.98. The highest BCUT2D eigenvalue weighted by atomic mass is 16.3. The maximum absolute atomic E-state index is 9.90. The molecular weight excluding hydrogens is 250 g/mol. The van der Waals surface area contributed by atoms with Crippen LogP contribution < -0.4 is 0 Å². The van der Waals surface area contributed by atoms with Gasteiger partial charge in [-0.25, -0.2) is 0 Å². The normalized spacial score (nSPS) is 12.6. The van der Waals surface area contributed by atoms with Crippen molar-refractivity contribution in [3.8, 4) is 0 Å². The molecule has 20 heavy (non-hydrogen) atoms. The predicted molar refractivity (Wildman–Crippen MR) is 78.9 cm³/mol. The van der Waals surface area contributed by atoms with Gasteiger partial charge in [-0.1, -0.05) is 19.1 Å². The Morgan fingerprint density at radius 2 is 1.55 bits per heavy atom. The topological polar surface area (TPSA) is 49.2 Å². The summed E-state index contributed by atoms with van der Waals surface area (Å²) in [7, 11) is 0. The van der Waals surface area contributed by atoms with Crippen molar-refractivity contribution in [1.29, 1.82) is 0 Å². The minimum Gasteiger partial charge on any atom is -0.392 e. The molecule has 1 unspecified atom stereocenters. The van der Waals surface area contributed by atoms with Crippen LogP contribution in [0.25, 0.3) is 0 Å². The van der Waals surface area contributed by atoms with E-state index in [-0.39, 0.29) is 6.10 Å². The average Bonchev–Trinajstić information content (AvgIpc) is 2.49. The molecule has 0 aromatic carbocycles. The molecule has 4 heteroatoms. The van der Waals surface area contributed by atoms with Gasteiger partial charge in [0.05, 0.1) is 17.5 Å². The minimum absolute atomic E-state index is 0.317. The van der Waals surface area contributed by atoms with E-state index in [0.29, 0.717) is 19.6 Å². The zero-order valence-electron chi connectivity index (χ0n) is 11.8. The molecule has 0 spiro atoms. The third kappa shape index (κ3) is 4.72. The number of aliphatic hydroxyl groups is 1. The zero-order valence-corrected chi connectivity index (χ0v) is 11.8. The summed E-state index contributed by atoms with van der Waals surface area (Å²) in [5.41, 5.74) is 2.01. The molecule has 0 saturated carbocycles. The van der Waals surface area contributed by atoms with Crippen LogP contribution in [0.1, 0.15) is 24.7 Å². The van der Waals surface area contributed by atoms with Gasteiger partial charge in [0.15, 0.2) is 0 Å². The Balaban J connectivity index is 2.04. The third-order valence-electron chi connectivity index (χ3n) is 3.16. The van der Waals surface area contributed by atoms with Crippen molar-refractivity contribution in [2.45, 2.75) is 32.5 Å². The lowest BCUT2D eigenvalue weighted by Crippen LogP contribution is -2.32. The van der Waals surface area contributed by atoms with Crippen LogP contribution in [0, 0.1) is 0 Å². The Labute approximate surface area is 120 Å². The molecule has 0 bridgehead atoms. The molecule has 0 radical (unpaired) electrons. The van der Waals surface area contributed by atoms with Gasteiger partial charge in [0.25, 0.3) is 0 Å². The maximum Gasteiger partial charge on any atom is 0.0664 e. The lowest BCUT2D eigenvalue weighted by molar-refractivity contribution is 0.100. The molecule has 0 aliphatic rings. The van der Waals surface area contributed by atoms with Gasteiger partial charge < -0.3 is 5.11 Å². The highest BCUT2D eigenvalue weighted by molar-refractivity contribution is 5.06. The summed E-state index contributed by atoms with van der Waals surface area (Å²) >= 11 is 0. The highest BCUT2D eigenvalue weighted by Crippen LogP contribution is 2.08. The van der Waals surface area contributed by atoms with Crippen LogP contribution in [0.3, 0.4) is 0 Å². The number of hydrogen-bond donors (Lipinski definition) is 1. The number of rotatable bonds is 7. The van der Waals surface area contributed by atoms with Crippen molar-refractivity contribution < 1.29 is 5.11 Å². The SMILES string of the molecule is CCC(O)CN(Cc1ccccn1)Cc1ccccn1. The van der Waals surface area contributed by atoms with E-state index < -0.39 is 0 Å². The molecule has 4 nitrogen and oxygen atoms in total. The van der Waals surface area contributed by atoms with Crippen molar-refractivity contribution in [1.82, 2.24) is 14.9 Å². The van der Waals surface area contributed by atoms with Crippen LogP contribution in [-0.4, -0.2) is 32.6 Å². The van der Waals surface area contributed by atoms with Gasteiger partial charge in [-0.15, -0.1) is 0 Å². The van der Waals surface area contributed by atoms with Crippen molar-refractivity contribution in [3.63, 3.8) is 0 Å². The molecule has 0 aliphatic carbocycles. The number of pyridine rings is 2. The fourth-order valence-corrected chi connectivity index (χ4v) is 2.05. The second-order valence-electron chi connectivity index (χ2n) is 4.87. The molecule has 0 amide bonds. The summed E-state index contributed by atoms with van der Waals surface area (Å²) in [6, 6.07) is 11.8. The fourth-order valence-electron chi connectivity index (χ4n) is 2.05. The van der Waals surface area contributed by atoms with Gasteiger partial charge in [0, 0.05) is 32.0 Å². The molecule has 0 aliphatic heterocycles. The smallest absolute Gasteiger partial charge is 0.0664 e. The maximum atomic E-state index is 9.90. The van der Waals surface area contributed by atoms with Gasteiger partial charge in [0.2, 0.25) is 0 Å². The zero-order chi connectivity index (χ0) is 14.2. The molecule has 2 rings (SSSR count). The average molecular weight is 271 g/mol. The van der Waals surface area contributed by atoms with E-state index in [4.69, 9.17) is 0 Å². The number of nitrogens with zero attached hydrogens (tertiary/aromatic N) is 3. The van der Waals surface area contributed by atoms with E-state index in [9.17, 15) is 5.11 Å². The molecule has 106 valence electrons. The van der Waals surface area contributed by atoms with E-state index in [1.165, 1.54) is 0 Å². The Morgan fingerprint density at radius 1 is 1.00 bits per heavy atom. The fraction of sp³-hybridized carbons (Fsp3) is 0.375. The van der Waals surface area contributed by atoms with E-state index in [2.05, 4.69) is 14.9 Å². The van der Waals surface area contributed by atoms with Crippen LogP contribution in [0.2, 0.25) is 0 Å². The Bertz CT molecular complexity index is 448. The molecule has 0 fully saturated rings. The second kappa shape index (κ2) is 7.72. The Hall–Kier alpha value is -1.78. The molecule has 2 heterocycles. The van der Waals surface area contributed by atoms with Crippen molar-refractivity contribution in [3.05, 3.63) is 60.2 Å². The Morgan fingerprint density at radius 3 is 1.95 bits per heavy atom. The van der Waals surface area contributed by atoms with E-state index in [1.54, 1.807) is 12.4 Å². The first-order valence-corrected chi connectivity index (χ1v) is 6.98. The summed E-state index contributed by atoms with van der Waals surface area (Å²) in [5, 5.41) is 9.90. The largest absolute Gasteiger partial charge is 0.392 e. The number of hydrogen-bond acceptors (Lipinski definition) is 4. The Kier molecular flexibility index (Phi) is 5.65. The molecule has 2 aromatic heterocycles. The van der Waals surface area contributed by atoms with Crippen molar-refractivity contribution >= 4 is 0 Å². The number of aliphatic hydroxyl groups excluding tert-OH is 1. The first-order chi connectivity index (χ1) is 9.78. The molecular formula is C16H21N3O. The highest BCUT2D eigenvalue weighted by Gasteiger charge is 2.12. The molecule has 0 saturated heterocycles.